The normalized spacial score (nSPS) is 10.4. The molecule has 6 heteroatoms. The number of aromatic nitrogens is 4. The van der Waals surface area contributed by atoms with E-state index in [0.717, 1.165) is 11.3 Å². The van der Waals surface area contributed by atoms with Crippen molar-refractivity contribution in [3.63, 3.8) is 0 Å². The van der Waals surface area contributed by atoms with Crippen LogP contribution in [0.2, 0.25) is 0 Å². The molecule has 98 valence electrons. The minimum absolute atomic E-state index is 0.224. The molecule has 3 rings (SSSR count). The molecule has 1 aromatic carbocycles. The lowest BCUT2D eigenvalue weighted by molar-refractivity contribution is 0.0697. The number of aromatic carboxylic acids is 1. The standard InChI is InChI=1S/C14H10N4O2/c19-14(20)10-2-1-3-12(6-10)18-8-11(7-17-18)13-4-5-15-9-16-13/h1-9H,(H,19,20). The van der Waals surface area contributed by atoms with E-state index in [-0.39, 0.29) is 5.56 Å². The average molecular weight is 266 g/mol. The Morgan fingerprint density at radius 1 is 1.25 bits per heavy atom. The number of carboxylic acids is 1. The Hall–Kier alpha value is -3.02. The Labute approximate surface area is 114 Å². The van der Waals surface area contributed by atoms with Crippen LogP contribution in [-0.4, -0.2) is 30.8 Å². The van der Waals surface area contributed by atoms with E-state index in [1.165, 1.54) is 6.33 Å². The van der Waals surface area contributed by atoms with Gasteiger partial charge in [0.15, 0.2) is 0 Å². The predicted molar refractivity (Wildman–Crippen MR) is 71.5 cm³/mol. The van der Waals surface area contributed by atoms with Gasteiger partial charge in [-0.25, -0.2) is 19.4 Å². The summed E-state index contributed by atoms with van der Waals surface area (Å²) >= 11 is 0. The van der Waals surface area contributed by atoms with Crippen LogP contribution in [-0.2, 0) is 0 Å². The summed E-state index contributed by atoms with van der Waals surface area (Å²) in [6, 6.07) is 8.38. The molecule has 6 nitrogen and oxygen atoms in total. The fraction of sp³-hybridized carbons (Fsp3) is 0. The first kappa shape index (κ1) is 12.0. The molecule has 1 N–H and O–H groups in total. The second-order valence-corrected chi connectivity index (χ2v) is 4.12. The lowest BCUT2D eigenvalue weighted by Gasteiger charge is -2.02. The molecule has 0 bridgehead atoms. The second kappa shape index (κ2) is 4.93. The molecule has 0 aliphatic rings. The van der Waals surface area contributed by atoms with Gasteiger partial charge in [-0.3, -0.25) is 0 Å². The van der Waals surface area contributed by atoms with Crippen LogP contribution < -0.4 is 0 Å². The van der Waals surface area contributed by atoms with Crippen LogP contribution in [0.1, 0.15) is 10.4 Å². The van der Waals surface area contributed by atoms with E-state index in [4.69, 9.17) is 5.11 Å². The van der Waals surface area contributed by atoms with Crippen molar-refractivity contribution < 1.29 is 9.90 Å². The van der Waals surface area contributed by atoms with Gasteiger partial charge in [-0.1, -0.05) is 6.07 Å². The molecule has 2 heterocycles. The maximum atomic E-state index is 11.0. The number of carbonyl (C=O) groups is 1. The molecule has 0 saturated carbocycles. The van der Waals surface area contributed by atoms with E-state index in [1.54, 1.807) is 53.6 Å². The molecule has 0 spiro atoms. The van der Waals surface area contributed by atoms with Crippen molar-refractivity contribution in [1.82, 2.24) is 19.7 Å². The van der Waals surface area contributed by atoms with Crippen molar-refractivity contribution in [2.75, 3.05) is 0 Å². The van der Waals surface area contributed by atoms with E-state index < -0.39 is 5.97 Å². The summed E-state index contributed by atoms with van der Waals surface area (Å²) < 4.78 is 1.61. The molecule has 0 unspecified atom stereocenters. The van der Waals surface area contributed by atoms with Gasteiger partial charge in [0, 0.05) is 18.0 Å². The SMILES string of the molecule is O=C(O)c1cccc(-n2cc(-c3ccncn3)cn2)c1. The first-order chi connectivity index (χ1) is 9.74. The minimum Gasteiger partial charge on any atom is -0.478 e. The van der Waals surface area contributed by atoms with E-state index in [9.17, 15) is 4.79 Å². The third kappa shape index (κ3) is 2.26. The maximum absolute atomic E-state index is 11.0. The number of carboxylic acid groups (broad SMARTS) is 1. The molecule has 0 amide bonds. The summed E-state index contributed by atoms with van der Waals surface area (Å²) in [5.41, 5.74) is 2.51. The van der Waals surface area contributed by atoms with Gasteiger partial charge in [0.05, 0.1) is 23.1 Å². The zero-order valence-corrected chi connectivity index (χ0v) is 10.3. The third-order valence-corrected chi connectivity index (χ3v) is 2.82. The Kier molecular flexibility index (Phi) is 2.96. The second-order valence-electron chi connectivity index (χ2n) is 4.12. The zero-order valence-electron chi connectivity index (χ0n) is 10.3. The van der Waals surface area contributed by atoms with Crippen molar-refractivity contribution in [1.29, 1.82) is 0 Å². The van der Waals surface area contributed by atoms with Crippen LogP contribution in [0.4, 0.5) is 0 Å². The summed E-state index contributed by atoms with van der Waals surface area (Å²) in [4.78, 5) is 19.0. The van der Waals surface area contributed by atoms with Crippen molar-refractivity contribution >= 4 is 5.97 Å². The summed E-state index contributed by atoms with van der Waals surface area (Å²) in [6.45, 7) is 0. The van der Waals surface area contributed by atoms with Gasteiger partial charge in [0.2, 0.25) is 0 Å². The Morgan fingerprint density at radius 3 is 2.90 bits per heavy atom. The van der Waals surface area contributed by atoms with Gasteiger partial charge < -0.3 is 5.11 Å². The molecule has 0 fully saturated rings. The quantitative estimate of drug-likeness (QED) is 0.784. The van der Waals surface area contributed by atoms with E-state index in [0.29, 0.717) is 5.69 Å². The van der Waals surface area contributed by atoms with Crippen molar-refractivity contribution in [3.8, 4) is 16.9 Å². The molecule has 0 aliphatic carbocycles. The highest BCUT2D eigenvalue weighted by Gasteiger charge is 2.07. The Bertz CT molecular complexity index is 753. The van der Waals surface area contributed by atoms with Gasteiger partial charge in [0.25, 0.3) is 0 Å². The zero-order chi connectivity index (χ0) is 13.9. The first-order valence-electron chi connectivity index (χ1n) is 5.89. The molecule has 2 aromatic heterocycles. The first-order valence-corrected chi connectivity index (χ1v) is 5.89. The van der Waals surface area contributed by atoms with Gasteiger partial charge in [0.1, 0.15) is 6.33 Å². The van der Waals surface area contributed by atoms with E-state index in [1.807, 2.05) is 0 Å². The predicted octanol–water partition coefficient (Wildman–Crippen LogP) is 2.03. The highest BCUT2D eigenvalue weighted by atomic mass is 16.4. The highest BCUT2D eigenvalue weighted by molar-refractivity contribution is 5.88. The van der Waals surface area contributed by atoms with Crippen molar-refractivity contribution in [2.45, 2.75) is 0 Å². The van der Waals surface area contributed by atoms with Crippen molar-refractivity contribution in [3.05, 3.63) is 60.8 Å². The van der Waals surface area contributed by atoms with E-state index >= 15 is 0 Å². The van der Waals surface area contributed by atoms with Crippen LogP contribution in [0.25, 0.3) is 16.9 Å². The molecule has 0 saturated heterocycles. The fourth-order valence-corrected chi connectivity index (χ4v) is 1.84. The van der Waals surface area contributed by atoms with Crippen LogP contribution >= 0.6 is 0 Å². The Morgan fingerprint density at radius 2 is 2.15 bits per heavy atom. The van der Waals surface area contributed by atoms with Crippen LogP contribution in [0, 0.1) is 0 Å². The number of hydrogen-bond donors (Lipinski definition) is 1. The highest BCUT2D eigenvalue weighted by Crippen LogP contribution is 2.17. The molecule has 20 heavy (non-hydrogen) atoms. The molecule has 0 aliphatic heterocycles. The smallest absolute Gasteiger partial charge is 0.335 e. The third-order valence-electron chi connectivity index (χ3n) is 2.82. The van der Waals surface area contributed by atoms with Crippen LogP contribution in [0.3, 0.4) is 0 Å². The van der Waals surface area contributed by atoms with Gasteiger partial charge in [-0.2, -0.15) is 5.10 Å². The maximum Gasteiger partial charge on any atom is 0.335 e. The number of rotatable bonds is 3. The largest absolute Gasteiger partial charge is 0.478 e. The monoisotopic (exact) mass is 266 g/mol. The molecule has 0 atom stereocenters. The van der Waals surface area contributed by atoms with Gasteiger partial charge in [-0.05, 0) is 24.3 Å². The molecular formula is C14H10N4O2. The lowest BCUT2D eigenvalue weighted by Crippen LogP contribution is -1.99. The minimum atomic E-state index is -0.963. The summed E-state index contributed by atoms with van der Waals surface area (Å²) in [7, 11) is 0. The Balaban J connectivity index is 1.98. The topological polar surface area (TPSA) is 80.9 Å². The van der Waals surface area contributed by atoms with Gasteiger partial charge in [-0.15, -0.1) is 0 Å². The van der Waals surface area contributed by atoms with Crippen molar-refractivity contribution in [2.24, 2.45) is 0 Å². The van der Waals surface area contributed by atoms with Gasteiger partial charge >= 0.3 is 5.97 Å². The van der Waals surface area contributed by atoms with E-state index in [2.05, 4.69) is 15.1 Å². The fourth-order valence-electron chi connectivity index (χ4n) is 1.84. The lowest BCUT2D eigenvalue weighted by atomic mass is 10.2. The summed E-state index contributed by atoms with van der Waals surface area (Å²) in [5.74, 6) is -0.963. The van der Waals surface area contributed by atoms with Crippen LogP contribution in [0.5, 0.6) is 0 Å². The van der Waals surface area contributed by atoms with Crippen LogP contribution in [0.15, 0.2) is 55.2 Å². The number of benzene rings is 1. The number of hydrogen-bond acceptors (Lipinski definition) is 4. The molecule has 0 radical (unpaired) electrons. The summed E-state index contributed by atoms with van der Waals surface area (Å²) in [5, 5.41) is 13.2. The molecular weight excluding hydrogens is 256 g/mol. The summed E-state index contributed by atoms with van der Waals surface area (Å²) in [6.07, 6.45) is 6.60. The average Bonchev–Trinajstić information content (AvgIpc) is 2.98. The number of nitrogens with zero attached hydrogens (tertiary/aromatic N) is 4. The molecule has 3 aromatic rings.